The van der Waals surface area contributed by atoms with E-state index in [9.17, 15) is 13.2 Å². The van der Waals surface area contributed by atoms with Gasteiger partial charge >= 0.3 is 0 Å². The van der Waals surface area contributed by atoms with Crippen LogP contribution < -0.4 is 0 Å². The van der Waals surface area contributed by atoms with Gasteiger partial charge in [0.05, 0.1) is 6.34 Å². The molecule has 1 aromatic carbocycles. The highest BCUT2D eigenvalue weighted by Gasteiger charge is 2.17. The maximum atomic E-state index is 13.2. The molecular formula is C10H8F3N3. The molecule has 0 atom stereocenters. The first-order valence-corrected chi connectivity index (χ1v) is 4.25. The Hall–Kier alpha value is -2.03. The van der Waals surface area contributed by atoms with Crippen LogP contribution in [0.2, 0.25) is 0 Å². The molecule has 0 N–H and O–H groups in total. The van der Waals surface area contributed by atoms with E-state index in [1.807, 2.05) is 0 Å². The highest BCUT2D eigenvalue weighted by Crippen LogP contribution is 2.26. The lowest BCUT2D eigenvalue weighted by Crippen LogP contribution is -2.07. The van der Waals surface area contributed by atoms with Crippen LogP contribution in [-0.4, -0.2) is 25.3 Å². The zero-order chi connectivity index (χ0) is 12.3. The van der Waals surface area contributed by atoms with Crippen LogP contribution in [0.4, 0.5) is 18.9 Å². The second kappa shape index (κ2) is 4.66. The molecule has 16 heavy (non-hydrogen) atoms. The number of halogens is 3. The van der Waals surface area contributed by atoms with Gasteiger partial charge in [-0.3, -0.25) is 0 Å². The molecular weight excluding hydrogens is 219 g/mol. The number of aliphatic imine (C=N–C) groups is 1. The number of benzene rings is 1. The van der Waals surface area contributed by atoms with Gasteiger partial charge in [-0.25, -0.2) is 18.2 Å². The second-order valence-corrected chi connectivity index (χ2v) is 3.20. The number of hydrogen-bond donors (Lipinski definition) is 0. The summed E-state index contributed by atoms with van der Waals surface area (Å²) in [4.78, 5) is 5.05. The van der Waals surface area contributed by atoms with Gasteiger partial charge in [-0.05, 0) is 0 Å². The molecule has 0 fully saturated rings. The Morgan fingerprint density at radius 1 is 1.31 bits per heavy atom. The van der Waals surface area contributed by atoms with E-state index < -0.39 is 28.7 Å². The number of rotatable bonds is 2. The van der Waals surface area contributed by atoms with Crippen molar-refractivity contribution in [2.75, 3.05) is 14.1 Å². The Kier molecular flexibility index (Phi) is 3.51. The molecule has 0 aliphatic heterocycles. The van der Waals surface area contributed by atoms with Crippen LogP contribution in [0, 0.1) is 28.8 Å². The highest BCUT2D eigenvalue weighted by molar-refractivity contribution is 5.65. The number of nitriles is 1. The molecule has 0 aliphatic rings. The Morgan fingerprint density at radius 2 is 1.94 bits per heavy atom. The van der Waals surface area contributed by atoms with Crippen molar-refractivity contribution in [2.45, 2.75) is 0 Å². The predicted octanol–water partition coefficient (Wildman–Crippen LogP) is 2.20. The largest absolute Gasteiger partial charge is 0.369 e. The van der Waals surface area contributed by atoms with E-state index in [0.717, 1.165) is 0 Å². The van der Waals surface area contributed by atoms with Crippen molar-refractivity contribution in [3.8, 4) is 6.07 Å². The minimum absolute atomic E-state index is 0.360. The zero-order valence-corrected chi connectivity index (χ0v) is 8.63. The number of nitrogens with zero attached hydrogens (tertiary/aromatic N) is 3. The summed E-state index contributed by atoms with van der Waals surface area (Å²) in [7, 11) is 3.24. The van der Waals surface area contributed by atoms with Crippen molar-refractivity contribution in [3.63, 3.8) is 0 Å². The lowest BCUT2D eigenvalue weighted by molar-refractivity contribution is 0.493. The first-order valence-electron chi connectivity index (χ1n) is 4.25. The van der Waals surface area contributed by atoms with Gasteiger partial charge in [-0.1, -0.05) is 0 Å². The van der Waals surface area contributed by atoms with Crippen LogP contribution >= 0.6 is 0 Å². The lowest BCUT2D eigenvalue weighted by atomic mass is 10.1. The van der Waals surface area contributed by atoms with Crippen LogP contribution in [0.3, 0.4) is 0 Å². The Labute approximate surface area is 90.4 Å². The molecule has 0 aromatic heterocycles. The third kappa shape index (κ3) is 2.31. The van der Waals surface area contributed by atoms with E-state index in [1.165, 1.54) is 17.3 Å². The van der Waals surface area contributed by atoms with Gasteiger partial charge < -0.3 is 4.90 Å². The molecule has 0 aliphatic carbocycles. The van der Waals surface area contributed by atoms with E-state index in [4.69, 9.17) is 5.26 Å². The number of hydrogen-bond acceptors (Lipinski definition) is 2. The molecule has 1 rings (SSSR count). The molecule has 0 heterocycles. The Balaban J connectivity index is 3.39. The molecule has 0 spiro atoms. The Morgan fingerprint density at radius 3 is 2.44 bits per heavy atom. The minimum atomic E-state index is -1.40. The third-order valence-corrected chi connectivity index (χ3v) is 1.68. The molecule has 0 unspecified atom stereocenters. The van der Waals surface area contributed by atoms with Crippen molar-refractivity contribution in [3.05, 3.63) is 29.1 Å². The first kappa shape index (κ1) is 12.0. The molecule has 0 saturated heterocycles. The monoisotopic (exact) mass is 227 g/mol. The lowest BCUT2D eigenvalue weighted by Gasteiger charge is -2.05. The van der Waals surface area contributed by atoms with Gasteiger partial charge in [0.15, 0.2) is 17.5 Å². The van der Waals surface area contributed by atoms with Crippen molar-refractivity contribution in [2.24, 2.45) is 4.99 Å². The summed E-state index contributed by atoms with van der Waals surface area (Å²) in [6.45, 7) is 0. The highest BCUT2D eigenvalue weighted by atomic mass is 19.2. The Bertz CT molecular complexity index is 475. The fourth-order valence-corrected chi connectivity index (χ4v) is 0.987. The molecule has 0 radical (unpaired) electrons. The maximum Gasteiger partial charge on any atom is 0.178 e. The molecule has 0 saturated carbocycles. The molecule has 1 aromatic rings. The first-order chi connectivity index (χ1) is 7.47. The molecule has 0 amide bonds. The van der Waals surface area contributed by atoms with Crippen molar-refractivity contribution in [1.82, 2.24) is 4.90 Å². The van der Waals surface area contributed by atoms with Gasteiger partial charge in [0, 0.05) is 20.2 Å². The van der Waals surface area contributed by atoms with E-state index in [-0.39, 0.29) is 0 Å². The molecule has 3 nitrogen and oxygen atoms in total. The van der Waals surface area contributed by atoms with Crippen LogP contribution in [-0.2, 0) is 0 Å². The predicted molar refractivity (Wildman–Crippen MR) is 52.9 cm³/mol. The SMILES string of the molecule is CN(C)C=Nc1c(F)cc(F)c(F)c1C#N. The summed E-state index contributed by atoms with van der Waals surface area (Å²) in [6.07, 6.45) is 1.19. The second-order valence-electron chi connectivity index (χ2n) is 3.20. The quantitative estimate of drug-likeness (QED) is 0.441. The van der Waals surface area contributed by atoms with Crippen LogP contribution in [0.5, 0.6) is 0 Å². The fraction of sp³-hybridized carbons (Fsp3) is 0.200. The topological polar surface area (TPSA) is 39.4 Å². The summed E-state index contributed by atoms with van der Waals surface area (Å²) in [5.41, 5.74) is -1.24. The van der Waals surface area contributed by atoms with Crippen molar-refractivity contribution >= 4 is 12.0 Å². The summed E-state index contributed by atoms with van der Waals surface area (Å²) < 4.78 is 39.1. The van der Waals surface area contributed by atoms with Gasteiger partial charge in [-0.15, -0.1) is 0 Å². The summed E-state index contributed by atoms with van der Waals surface area (Å²) in [5, 5.41) is 8.60. The standard InChI is InChI=1S/C10H8F3N3/c1-16(2)5-15-10-6(4-14)9(13)7(11)3-8(10)12/h3,5H,1-2H3. The minimum Gasteiger partial charge on any atom is -0.369 e. The summed E-state index contributed by atoms with van der Waals surface area (Å²) >= 11 is 0. The smallest absolute Gasteiger partial charge is 0.178 e. The fourth-order valence-electron chi connectivity index (χ4n) is 0.987. The van der Waals surface area contributed by atoms with Gasteiger partial charge in [0.25, 0.3) is 0 Å². The summed E-state index contributed by atoms with van der Waals surface area (Å²) in [6, 6.07) is 1.74. The van der Waals surface area contributed by atoms with Crippen LogP contribution in [0.1, 0.15) is 5.56 Å². The van der Waals surface area contributed by atoms with E-state index in [0.29, 0.717) is 6.07 Å². The normalized spacial score (nSPS) is 10.5. The van der Waals surface area contributed by atoms with E-state index in [2.05, 4.69) is 4.99 Å². The summed E-state index contributed by atoms with van der Waals surface area (Å²) in [5.74, 6) is -3.87. The molecule has 6 heteroatoms. The van der Waals surface area contributed by atoms with E-state index >= 15 is 0 Å². The van der Waals surface area contributed by atoms with Crippen LogP contribution in [0.25, 0.3) is 0 Å². The van der Waals surface area contributed by atoms with Crippen LogP contribution in [0.15, 0.2) is 11.1 Å². The molecule has 0 bridgehead atoms. The van der Waals surface area contributed by atoms with Crippen molar-refractivity contribution in [1.29, 1.82) is 5.26 Å². The third-order valence-electron chi connectivity index (χ3n) is 1.68. The average Bonchev–Trinajstić information content (AvgIpc) is 2.21. The average molecular weight is 227 g/mol. The van der Waals surface area contributed by atoms with E-state index in [1.54, 1.807) is 14.1 Å². The molecule has 84 valence electrons. The zero-order valence-electron chi connectivity index (χ0n) is 8.63. The van der Waals surface area contributed by atoms with Gasteiger partial charge in [0.1, 0.15) is 17.3 Å². The van der Waals surface area contributed by atoms with Crippen molar-refractivity contribution < 1.29 is 13.2 Å². The van der Waals surface area contributed by atoms with Gasteiger partial charge in [-0.2, -0.15) is 5.26 Å². The van der Waals surface area contributed by atoms with Gasteiger partial charge in [0.2, 0.25) is 0 Å². The maximum absolute atomic E-state index is 13.2.